The van der Waals surface area contributed by atoms with Gasteiger partial charge in [-0.25, -0.2) is 0 Å². The summed E-state index contributed by atoms with van der Waals surface area (Å²) in [4.78, 5) is 37.3. The van der Waals surface area contributed by atoms with Crippen molar-refractivity contribution < 1.29 is 42.9 Å². The lowest BCUT2D eigenvalue weighted by Crippen LogP contribution is -2.44. The number of hydrogen-bond acceptors (Lipinski definition) is 8. The molecule has 448 valence electrons. The molecular formula is C70H115NO8. The van der Waals surface area contributed by atoms with E-state index < -0.39 is 24.3 Å². The van der Waals surface area contributed by atoms with Crippen molar-refractivity contribution in [1.29, 1.82) is 0 Å². The van der Waals surface area contributed by atoms with Gasteiger partial charge < -0.3 is 33.3 Å². The van der Waals surface area contributed by atoms with Gasteiger partial charge in [0, 0.05) is 12.8 Å². The summed E-state index contributed by atoms with van der Waals surface area (Å²) < 4.78 is 22.7. The minimum Gasteiger partial charge on any atom is -0.545 e. The molecule has 0 spiro atoms. The number of rotatable bonds is 56. The van der Waals surface area contributed by atoms with Gasteiger partial charge in [0.05, 0.1) is 40.3 Å². The highest BCUT2D eigenvalue weighted by Gasteiger charge is 2.22. The molecule has 9 heteroatoms. The van der Waals surface area contributed by atoms with Crippen LogP contribution >= 0.6 is 0 Å². The quantitative estimate of drug-likeness (QED) is 0.0195. The molecule has 0 radical (unpaired) electrons. The molecule has 0 rings (SSSR count). The standard InChI is InChI=1S/C70H115NO8/c1-6-8-10-12-14-16-18-20-22-24-26-28-29-30-31-32-33-34-35-36-37-38-39-41-43-45-47-49-51-53-55-57-59-61-68(73)79-66(65-78-70(69(74)75)76-63-62-71(3,4)5)64-77-67(72)60-58-56-54-52-50-48-46-44-42-40-27-25-23-21-19-17-15-13-11-9-7-2/h8,10,14,16,20,22,25-28,30-31,33-34,36-37,39,41,45,47,51,53,66,70H,6-7,9,11-13,15,17-19,21,23-24,29,32,35,38,40,42-44,46,48-50,52,54-65H2,1-5H3/b10-8-,16-14-,22-20-,27-25-,28-26-,31-30-,34-33-,37-36-,41-39-,47-45-,53-51-. The maximum absolute atomic E-state index is 12.9. The number of carboxylic acids is 1. The van der Waals surface area contributed by atoms with E-state index in [2.05, 4.69) is 148 Å². The number of carbonyl (C=O) groups is 3. The Morgan fingerprint density at radius 1 is 0.392 bits per heavy atom. The molecule has 0 aromatic heterocycles. The number of nitrogens with zero attached hydrogens (tertiary/aromatic N) is 1. The molecule has 0 aliphatic rings. The highest BCUT2D eigenvalue weighted by Crippen LogP contribution is 2.14. The summed E-state index contributed by atoms with van der Waals surface area (Å²) >= 11 is 0. The van der Waals surface area contributed by atoms with Crippen molar-refractivity contribution >= 4 is 17.9 Å². The lowest BCUT2D eigenvalue weighted by Gasteiger charge is -2.26. The Morgan fingerprint density at radius 3 is 1.11 bits per heavy atom. The maximum atomic E-state index is 12.9. The van der Waals surface area contributed by atoms with Crippen molar-refractivity contribution in [2.75, 3.05) is 47.5 Å². The molecule has 0 N–H and O–H groups in total. The van der Waals surface area contributed by atoms with E-state index in [4.69, 9.17) is 18.9 Å². The fourth-order valence-corrected chi connectivity index (χ4v) is 8.09. The average molecular weight is 1100 g/mol. The van der Waals surface area contributed by atoms with Crippen molar-refractivity contribution in [2.24, 2.45) is 0 Å². The first-order valence-corrected chi connectivity index (χ1v) is 31.3. The van der Waals surface area contributed by atoms with Crippen LogP contribution in [-0.2, 0) is 33.3 Å². The van der Waals surface area contributed by atoms with Gasteiger partial charge >= 0.3 is 11.9 Å². The zero-order chi connectivity index (χ0) is 57.6. The molecule has 0 saturated carbocycles. The normalized spacial score (nSPS) is 13.7. The van der Waals surface area contributed by atoms with E-state index in [1.54, 1.807) is 0 Å². The number of hydrogen-bond donors (Lipinski definition) is 0. The van der Waals surface area contributed by atoms with Gasteiger partial charge in [0.2, 0.25) is 0 Å². The molecule has 79 heavy (non-hydrogen) atoms. The number of allylic oxidation sites excluding steroid dienone is 22. The van der Waals surface area contributed by atoms with Gasteiger partial charge in [-0.15, -0.1) is 0 Å². The minimum absolute atomic E-state index is 0.132. The molecule has 2 unspecified atom stereocenters. The summed E-state index contributed by atoms with van der Waals surface area (Å²) in [5.41, 5.74) is 0. The van der Waals surface area contributed by atoms with Gasteiger partial charge in [0.1, 0.15) is 13.2 Å². The van der Waals surface area contributed by atoms with Crippen LogP contribution in [0, 0.1) is 0 Å². The molecule has 0 aromatic carbocycles. The second-order valence-corrected chi connectivity index (χ2v) is 21.6. The van der Waals surface area contributed by atoms with Gasteiger partial charge in [0.25, 0.3) is 0 Å². The number of carbonyl (C=O) groups excluding carboxylic acids is 3. The van der Waals surface area contributed by atoms with Crippen LogP contribution in [-0.4, -0.2) is 82.3 Å². The summed E-state index contributed by atoms with van der Waals surface area (Å²) in [6, 6.07) is 0. The summed E-state index contributed by atoms with van der Waals surface area (Å²) in [5, 5.41) is 11.8. The van der Waals surface area contributed by atoms with Crippen molar-refractivity contribution in [3.8, 4) is 0 Å². The van der Waals surface area contributed by atoms with Crippen LogP contribution in [0.2, 0.25) is 0 Å². The van der Waals surface area contributed by atoms with Gasteiger partial charge in [-0.2, -0.15) is 0 Å². The number of unbranched alkanes of at least 4 members (excludes halogenated alkanes) is 19. The SMILES string of the molecule is CC/C=C\C/C=C\C/C=C\C/C=C\C/C=C\C/C=C\C/C=C\C/C=C\C/C=C\C/C=C\CCCCC(=O)OC(COC(=O)CCCCCCCCCCC/C=C\CCCCCCCCCC)COC(OCC[N+](C)(C)C)C(=O)[O-]. The Balaban J connectivity index is 4.34. The highest BCUT2D eigenvalue weighted by molar-refractivity contribution is 5.70. The van der Waals surface area contributed by atoms with E-state index in [1.165, 1.54) is 96.3 Å². The molecule has 0 aliphatic carbocycles. The summed E-state index contributed by atoms with van der Waals surface area (Å²) in [6.45, 7) is 4.57. The van der Waals surface area contributed by atoms with Crippen molar-refractivity contribution in [3.05, 3.63) is 134 Å². The molecule has 0 bridgehead atoms. The Labute approximate surface area is 484 Å². The molecular weight excluding hydrogens is 983 g/mol. The summed E-state index contributed by atoms with van der Waals surface area (Å²) in [7, 11) is 5.90. The number of quaternary nitrogens is 1. The first-order valence-electron chi connectivity index (χ1n) is 31.3. The fourth-order valence-electron chi connectivity index (χ4n) is 8.09. The third kappa shape index (κ3) is 60.9. The second-order valence-electron chi connectivity index (χ2n) is 21.6. The lowest BCUT2D eigenvalue weighted by molar-refractivity contribution is -0.870. The van der Waals surface area contributed by atoms with Gasteiger partial charge in [-0.1, -0.05) is 237 Å². The lowest BCUT2D eigenvalue weighted by atomic mass is 10.1. The predicted octanol–water partition coefficient (Wildman–Crippen LogP) is 17.7. The van der Waals surface area contributed by atoms with Crippen molar-refractivity contribution in [3.63, 3.8) is 0 Å². The summed E-state index contributed by atoms with van der Waals surface area (Å²) in [5.74, 6) is -2.36. The topological polar surface area (TPSA) is 111 Å². The number of esters is 2. The van der Waals surface area contributed by atoms with Crippen LogP contribution in [0.25, 0.3) is 0 Å². The van der Waals surface area contributed by atoms with Gasteiger partial charge in [-0.05, 0) is 116 Å². The number of carboxylic acid groups (broad SMARTS) is 1. The van der Waals surface area contributed by atoms with Crippen LogP contribution in [0.15, 0.2) is 134 Å². The molecule has 0 aliphatic heterocycles. The minimum atomic E-state index is -1.64. The first kappa shape index (κ1) is 74.4. The molecule has 9 nitrogen and oxygen atoms in total. The van der Waals surface area contributed by atoms with Gasteiger partial charge in [-0.3, -0.25) is 9.59 Å². The number of aliphatic carboxylic acids is 1. The zero-order valence-electron chi connectivity index (χ0n) is 50.9. The number of likely N-dealkylation sites (N-methyl/N-ethyl adjacent to an activating group) is 1. The third-order valence-electron chi connectivity index (χ3n) is 12.9. The smallest absolute Gasteiger partial charge is 0.306 e. The third-order valence-corrected chi connectivity index (χ3v) is 12.9. The predicted molar refractivity (Wildman–Crippen MR) is 333 cm³/mol. The molecule has 0 saturated heterocycles. The highest BCUT2D eigenvalue weighted by atomic mass is 16.7. The molecule has 0 heterocycles. The van der Waals surface area contributed by atoms with Crippen LogP contribution in [0.3, 0.4) is 0 Å². The van der Waals surface area contributed by atoms with Crippen LogP contribution in [0.1, 0.15) is 232 Å². The van der Waals surface area contributed by atoms with E-state index in [-0.39, 0.29) is 38.6 Å². The maximum Gasteiger partial charge on any atom is 0.306 e. The Kier molecular flexibility index (Phi) is 56.1. The fraction of sp³-hybridized carbons (Fsp3) is 0.643. The Morgan fingerprint density at radius 2 is 0.722 bits per heavy atom. The molecule has 0 fully saturated rings. The second kappa shape index (κ2) is 59.5. The van der Waals surface area contributed by atoms with E-state index in [1.807, 2.05) is 21.1 Å². The Bertz CT molecular complexity index is 1750. The van der Waals surface area contributed by atoms with E-state index >= 15 is 0 Å². The zero-order valence-corrected chi connectivity index (χ0v) is 50.9. The van der Waals surface area contributed by atoms with Crippen molar-refractivity contribution in [1.82, 2.24) is 0 Å². The van der Waals surface area contributed by atoms with Crippen LogP contribution < -0.4 is 5.11 Å². The van der Waals surface area contributed by atoms with Gasteiger partial charge in [0.15, 0.2) is 12.4 Å². The van der Waals surface area contributed by atoms with E-state index in [9.17, 15) is 19.5 Å². The summed E-state index contributed by atoms with van der Waals surface area (Å²) in [6.07, 6.45) is 82.3. The van der Waals surface area contributed by atoms with E-state index in [0.29, 0.717) is 17.4 Å². The van der Waals surface area contributed by atoms with Crippen molar-refractivity contribution in [2.45, 2.75) is 245 Å². The van der Waals surface area contributed by atoms with E-state index in [0.717, 1.165) is 103 Å². The van der Waals surface area contributed by atoms with Crippen LogP contribution in [0.5, 0.6) is 0 Å². The largest absolute Gasteiger partial charge is 0.545 e. The molecule has 0 amide bonds. The molecule has 0 aromatic rings. The number of ether oxygens (including phenoxy) is 4. The van der Waals surface area contributed by atoms with Crippen LogP contribution in [0.4, 0.5) is 0 Å². The first-order chi connectivity index (χ1) is 38.6. The monoisotopic (exact) mass is 1100 g/mol. The molecule has 2 atom stereocenters. The average Bonchev–Trinajstić information content (AvgIpc) is 3.42. The Hall–Kier alpha value is -4.57.